The van der Waals surface area contributed by atoms with Crippen molar-refractivity contribution in [1.82, 2.24) is 14.7 Å². The summed E-state index contributed by atoms with van der Waals surface area (Å²) in [5.74, 6) is -0.964. The largest absolute Gasteiger partial charge is 0.394 e. The molecule has 1 aliphatic heterocycles. The molecule has 1 N–H and O–H groups in total. The van der Waals surface area contributed by atoms with Crippen LogP contribution in [0.5, 0.6) is 0 Å². The van der Waals surface area contributed by atoms with Crippen LogP contribution >= 0.6 is 0 Å². The van der Waals surface area contributed by atoms with E-state index < -0.39 is 11.6 Å². The first-order valence-electron chi connectivity index (χ1n) is 7.82. The molecule has 2 aromatic rings. The van der Waals surface area contributed by atoms with Crippen LogP contribution in [0, 0.1) is 25.5 Å². The molecule has 6 heteroatoms. The van der Waals surface area contributed by atoms with Crippen LogP contribution < -0.4 is 0 Å². The smallest absolute Gasteiger partial charge is 0.129 e. The zero-order chi connectivity index (χ0) is 16.6. The van der Waals surface area contributed by atoms with Gasteiger partial charge in [-0.25, -0.2) is 8.78 Å². The van der Waals surface area contributed by atoms with E-state index in [-0.39, 0.29) is 6.61 Å². The van der Waals surface area contributed by atoms with Gasteiger partial charge in [-0.3, -0.25) is 9.58 Å². The van der Waals surface area contributed by atoms with Gasteiger partial charge in [-0.15, -0.1) is 0 Å². The van der Waals surface area contributed by atoms with Gasteiger partial charge in [-0.05, 0) is 37.5 Å². The number of halogens is 2. The number of rotatable bonds is 4. The number of aliphatic hydroxyl groups is 1. The Morgan fingerprint density at radius 3 is 2.78 bits per heavy atom. The molecule has 0 atom stereocenters. The van der Waals surface area contributed by atoms with E-state index in [0.29, 0.717) is 31.6 Å². The van der Waals surface area contributed by atoms with Crippen molar-refractivity contribution in [1.29, 1.82) is 0 Å². The Kier molecular flexibility index (Phi) is 4.46. The van der Waals surface area contributed by atoms with Crippen molar-refractivity contribution in [3.63, 3.8) is 0 Å². The molecule has 0 radical (unpaired) electrons. The van der Waals surface area contributed by atoms with Gasteiger partial charge in [0.25, 0.3) is 0 Å². The van der Waals surface area contributed by atoms with E-state index in [1.165, 1.54) is 6.07 Å². The van der Waals surface area contributed by atoms with Crippen LogP contribution in [-0.4, -0.2) is 32.9 Å². The molecule has 1 aliphatic rings. The molecule has 0 bridgehead atoms. The Morgan fingerprint density at radius 2 is 2.04 bits per heavy atom. The van der Waals surface area contributed by atoms with Gasteiger partial charge in [0.05, 0.1) is 18.8 Å². The fraction of sp³-hybridized carbons (Fsp3) is 0.471. The average Bonchev–Trinajstić information content (AvgIpc) is 2.75. The predicted molar refractivity (Wildman–Crippen MR) is 83.0 cm³/mol. The summed E-state index contributed by atoms with van der Waals surface area (Å²) >= 11 is 0. The molecule has 1 aromatic heterocycles. The van der Waals surface area contributed by atoms with Crippen molar-refractivity contribution in [2.24, 2.45) is 0 Å². The molecule has 124 valence electrons. The van der Waals surface area contributed by atoms with E-state index in [4.69, 9.17) is 5.11 Å². The predicted octanol–water partition coefficient (Wildman–Crippen LogP) is 2.33. The normalized spacial score (nSPS) is 15.0. The van der Waals surface area contributed by atoms with Crippen LogP contribution in [0.15, 0.2) is 12.1 Å². The number of fused-ring (bicyclic) bond motifs is 1. The Morgan fingerprint density at radius 1 is 1.26 bits per heavy atom. The highest BCUT2D eigenvalue weighted by Gasteiger charge is 2.22. The highest BCUT2D eigenvalue weighted by molar-refractivity contribution is 5.32. The standard InChI is InChI=1S/C17H21F2N3O/c1-11-16(12(2)22(20-11)5-6-23)10-21-4-3-15-13(9-21)7-14(18)8-17(15)19/h7-8,23H,3-6,9-10H2,1-2H3. The van der Waals surface area contributed by atoms with Gasteiger partial charge in [0.2, 0.25) is 0 Å². The van der Waals surface area contributed by atoms with Gasteiger partial charge in [-0.1, -0.05) is 0 Å². The van der Waals surface area contributed by atoms with Gasteiger partial charge in [0.1, 0.15) is 11.6 Å². The average molecular weight is 321 g/mol. The minimum atomic E-state index is -0.522. The van der Waals surface area contributed by atoms with Crippen molar-refractivity contribution >= 4 is 0 Å². The number of aliphatic hydroxyl groups excluding tert-OH is 1. The van der Waals surface area contributed by atoms with Gasteiger partial charge < -0.3 is 5.11 Å². The molecule has 1 aromatic carbocycles. The fourth-order valence-electron chi connectivity index (χ4n) is 3.30. The summed E-state index contributed by atoms with van der Waals surface area (Å²) in [4.78, 5) is 2.18. The quantitative estimate of drug-likeness (QED) is 0.940. The number of hydrogen-bond acceptors (Lipinski definition) is 3. The molecule has 0 fully saturated rings. The number of aromatic nitrogens is 2. The molecule has 0 amide bonds. The van der Waals surface area contributed by atoms with Crippen molar-refractivity contribution in [2.75, 3.05) is 13.2 Å². The number of benzene rings is 1. The molecule has 0 saturated carbocycles. The third-order valence-corrected chi connectivity index (χ3v) is 4.55. The fourth-order valence-corrected chi connectivity index (χ4v) is 3.30. The molecule has 23 heavy (non-hydrogen) atoms. The summed E-state index contributed by atoms with van der Waals surface area (Å²) in [6.45, 7) is 6.44. The molecule has 0 saturated heterocycles. The monoisotopic (exact) mass is 321 g/mol. The Bertz CT molecular complexity index is 727. The van der Waals surface area contributed by atoms with E-state index in [2.05, 4.69) is 10.00 Å². The van der Waals surface area contributed by atoms with Crippen LogP contribution in [-0.2, 0) is 26.1 Å². The van der Waals surface area contributed by atoms with E-state index >= 15 is 0 Å². The summed E-state index contributed by atoms with van der Waals surface area (Å²) in [6.07, 6.45) is 0.588. The lowest BCUT2D eigenvalue weighted by molar-refractivity contribution is 0.241. The molecule has 3 rings (SSSR count). The number of aryl methyl sites for hydroxylation is 1. The van der Waals surface area contributed by atoms with Gasteiger partial charge in [-0.2, -0.15) is 5.10 Å². The van der Waals surface area contributed by atoms with E-state index in [1.807, 2.05) is 18.5 Å². The second-order valence-corrected chi connectivity index (χ2v) is 6.08. The molecule has 0 unspecified atom stereocenters. The lowest BCUT2D eigenvalue weighted by Crippen LogP contribution is -2.31. The summed E-state index contributed by atoms with van der Waals surface area (Å²) in [6, 6.07) is 2.39. The Balaban J connectivity index is 1.80. The van der Waals surface area contributed by atoms with Crippen LogP contribution in [0.1, 0.15) is 28.1 Å². The van der Waals surface area contributed by atoms with Crippen molar-refractivity contribution in [3.05, 3.63) is 51.8 Å². The van der Waals surface area contributed by atoms with Crippen LogP contribution in [0.25, 0.3) is 0 Å². The molecule has 2 heterocycles. The number of hydrogen-bond donors (Lipinski definition) is 1. The highest BCUT2D eigenvalue weighted by atomic mass is 19.1. The van der Waals surface area contributed by atoms with E-state index in [0.717, 1.165) is 35.1 Å². The highest BCUT2D eigenvalue weighted by Crippen LogP contribution is 2.25. The first kappa shape index (κ1) is 16.1. The summed E-state index contributed by atoms with van der Waals surface area (Å²) in [7, 11) is 0. The molecule has 4 nitrogen and oxygen atoms in total. The lowest BCUT2D eigenvalue weighted by Gasteiger charge is -2.29. The van der Waals surface area contributed by atoms with Crippen molar-refractivity contribution < 1.29 is 13.9 Å². The second-order valence-electron chi connectivity index (χ2n) is 6.08. The maximum atomic E-state index is 13.8. The van der Waals surface area contributed by atoms with Gasteiger partial charge in [0.15, 0.2) is 0 Å². The van der Waals surface area contributed by atoms with Gasteiger partial charge in [0, 0.05) is 37.0 Å². The third-order valence-electron chi connectivity index (χ3n) is 4.55. The van der Waals surface area contributed by atoms with E-state index in [9.17, 15) is 8.78 Å². The molecule has 0 spiro atoms. The lowest BCUT2D eigenvalue weighted by atomic mass is 9.98. The van der Waals surface area contributed by atoms with Crippen LogP contribution in [0.3, 0.4) is 0 Å². The maximum Gasteiger partial charge on any atom is 0.129 e. The Labute approximate surface area is 134 Å². The van der Waals surface area contributed by atoms with E-state index in [1.54, 1.807) is 0 Å². The first-order chi connectivity index (χ1) is 11.0. The number of nitrogens with zero attached hydrogens (tertiary/aromatic N) is 3. The molecular weight excluding hydrogens is 300 g/mol. The molecular formula is C17H21F2N3O. The molecule has 0 aliphatic carbocycles. The summed E-state index contributed by atoms with van der Waals surface area (Å²) in [5.41, 5.74) is 4.46. The zero-order valence-corrected chi connectivity index (χ0v) is 13.4. The summed E-state index contributed by atoms with van der Waals surface area (Å²) in [5, 5.41) is 13.5. The zero-order valence-electron chi connectivity index (χ0n) is 13.4. The van der Waals surface area contributed by atoms with Crippen LogP contribution in [0.4, 0.5) is 8.78 Å². The first-order valence-corrected chi connectivity index (χ1v) is 7.82. The van der Waals surface area contributed by atoms with Crippen LogP contribution in [0.2, 0.25) is 0 Å². The SMILES string of the molecule is Cc1nn(CCO)c(C)c1CN1CCc2c(F)cc(F)cc2C1. The van der Waals surface area contributed by atoms with Crippen molar-refractivity contribution in [3.8, 4) is 0 Å². The summed E-state index contributed by atoms with van der Waals surface area (Å²) < 4.78 is 29.0. The topological polar surface area (TPSA) is 41.3 Å². The Hall–Kier alpha value is -1.79. The minimum absolute atomic E-state index is 0.0526. The van der Waals surface area contributed by atoms with Crippen molar-refractivity contribution in [2.45, 2.75) is 39.9 Å². The minimum Gasteiger partial charge on any atom is -0.394 e. The van der Waals surface area contributed by atoms with Gasteiger partial charge >= 0.3 is 0 Å². The second kappa shape index (κ2) is 6.37. The maximum absolute atomic E-state index is 13.8. The third kappa shape index (κ3) is 3.14.